The minimum atomic E-state index is -0.184. The average molecular weight is 399 g/mol. The van der Waals surface area contributed by atoms with Crippen LogP contribution in [0.25, 0.3) is 0 Å². The number of carbonyl (C=O) groups is 1. The normalized spacial score (nSPS) is 10.3. The average Bonchev–Trinajstić information content (AvgIpc) is 2.36. The monoisotopic (exact) mass is 397 g/mol. The molecule has 0 heterocycles. The quantitative estimate of drug-likeness (QED) is 0.804. The van der Waals surface area contributed by atoms with Crippen molar-refractivity contribution in [3.8, 4) is 5.75 Å². The van der Waals surface area contributed by atoms with Gasteiger partial charge in [-0.25, -0.2) is 0 Å². The predicted octanol–water partition coefficient (Wildman–Crippen LogP) is 4.41. The van der Waals surface area contributed by atoms with Crippen LogP contribution in [0.5, 0.6) is 5.75 Å². The lowest BCUT2D eigenvalue weighted by atomic mass is 10.1. The van der Waals surface area contributed by atoms with Crippen LogP contribution >= 0.6 is 31.9 Å². The van der Waals surface area contributed by atoms with Crippen molar-refractivity contribution in [2.24, 2.45) is 0 Å². The molecule has 5 heteroatoms. The first kappa shape index (κ1) is 15.1. The number of aromatic hydroxyl groups is 1. The zero-order valence-corrected chi connectivity index (χ0v) is 14.0. The highest BCUT2D eigenvalue weighted by Crippen LogP contribution is 2.32. The highest BCUT2D eigenvalue weighted by Gasteiger charge is 2.12. The van der Waals surface area contributed by atoms with E-state index < -0.39 is 0 Å². The Kier molecular flexibility index (Phi) is 4.83. The van der Waals surface area contributed by atoms with Gasteiger partial charge in [0.15, 0.2) is 0 Å². The molecule has 0 saturated heterocycles. The van der Waals surface area contributed by atoms with Gasteiger partial charge < -0.3 is 10.4 Å². The van der Waals surface area contributed by atoms with Crippen LogP contribution in [-0.2, 0) is 11.2 Å². The Bertz CT molecular complexity index is 633. The third-order valence-corrected chi connectivity index (χ3v) is 4.04. The Labute approximate surface area is 134 Å². The lowest BCUT2D eigenvalue weighted by Crippen LogP contribution is -2.15. The van der Waals surface area contributed by atoms with Gasteiger partial charge >= 0.3 is 0 Å². The summed E-state index contributed by atoms with van der Waals surface area (Å²) in [6.07, 6.45) is 0.124. The van der Waals surface area contributed by atoms with Crippen LogP contribution in [0.4, 0.5) is 5.69 Å². The second kappa shape index (κ2) is 6.41. The molecule has 2 N–H and O–H groups in total. The van der Waals surface area contributed by atoms with E-state index in [4.69, 9.17) is 0 Å². The number of hydrogen-bond donors (Lipinski definition) is 2. The van der Waals surface area contributed by atoms with Crippen LogP contribution in [0, 0.1) is 6.92 Å². The van der Waals surface area contributed by atoms with Crippen LogP contribution in [0.2, 0.25) is 0 Å². The molecule has 0 fully saturated rings. The number of nitrogens with one attached hydrogen (secondary N) is 1. The summed E-state index contributed by atoms with van der Waals surface area (Å²) in [6, 6.07) is 10.7. The molecule has 0 aliphatic carbocycles. The number of phenolic OH excluding ortho intramolecular Hbond substituents is 1. The maximum Gasteiger partial charge on any atom is 0.228 e. The molecular formula is C15H13Br2NO2. The molecule has 20 heavy (non-hydrogen) atoms. The fourth-order valence-electron chi connectivity index (χ4n) is 1.84. The van der Waals surface area contributed by atoms with Crippen molar-refractivity contribution in [1.82, 2.24) is 0 Å². The van der Waals surface area contributed by atoms with Gasteiger partial charge in [-0.05, 0) is 62.5 Å². The summed E-state index contributed by atoms with van der Waals surface area (Å²) in [5.74, 6) is -0.0542. The standard InChI is InChI=1S/C15H13Br2NO2/c1-9-6-11(16)15(12(17)7-9)18-14(20)8-10-4-2-3-5-13(10)19/h2-7,19H,8H2,1H3,(H,18,20). The molecule has 1 amide bonds. The molecule has 3 nitrogen and oxygen atoms in total. The molecule has 0 aromatic heterocycles. The molecule has 2 aromatic carbocycles. The van der Waals surface area contributed by atoms with Gasteiger partial charge in [0, 0.05) is 14.5 Å². The van der Waals surface area contributed by atoms with E-state index in [1.54, 1.807) is 24.3 Å². The molecule has 0 unspecified atom stereocenters. The van der Waals surface area contributed by atoms with Crippen LogP contribution in [0.1, 0.15) is 11.1 Å². The molecule has 0 spiro atoms. The summed E-state index contributed by atoms with van der Waals surface area (Å²) in [6.45, 7) is 1.98. The fraction of sp³-hybridized carbons (Fsp3) is 0.133. The zero-order chi connectivity index (χ0) is 14.7. The lowest BCUT2D eigenvalue weighted by Gasteiger charge is -2.11. The number of hydrogen-bond acceptors (Lipinski definition) is 2. The van der Waals surface area contributed by atoms with Gasteiger partial charge in [0.1, 0.15) is 5.75 Å². The largest absolute Gasteiger partial charge is 0.508 e. The molecule has 0 radical (unpaired) electrons. The maximum atomic E-state index is 12.1. The SMILES string of the molecule is Cc1cc(Br)c(NC(=O)Cc2ccccc2O)c(Br)c1. The van der Waals surface area contributed by atoms with Crippen molar-refractivity contribution < 1.29 is 9.90 Å². The van der Waals surface area contributed by atoms with E-state index in [0.29, 0.717) is 11.3 Å². The number of phenols is 1. The third-order valence-electron chi connectivity index (χ3n) is 2.79. The van der Waals surface area contributed by atoms with Crippen LogP contribution in [0.15, 0.2) is 45.3 Å². The molecule has 104 valence electrons. The minimum absolute atomic E-state index is 0.124. The summed E-state index contributed by atoms with van der Waals surface area (Å²) in [4.78, 5) is 12.1. The molecule has 0 atom stereocenters. The van der Waals surface area contributed by atoms with E-state index in [1.807, 2.05) is 19.1 Å². The smallest absolute Gasteiger partial charge is 0.228 e. The number of aryl methyl sites for hydroxylation is 1. The molecule has 0 saturated carbocycles. The first-order chi connectivity index (χ1) is 9.47. The van der Waals surface area contributed by atoms with Crippen molar-refractivity contribution in [3.05, 3.63) is 56.5 Å². The summed E-state index contributed by atoms with van der Waals surface area (Å²) in [7, 11) is 0. The van der Waals surface area contributed by atoms with E-state index in [1.165, 1.54) is 0 Å². The van der Waals surface area contributed by atoms with Gasteiger partial charge in [-0.3, -0.25) is 4.79 Å². The molecule has 2 rings (SSSR count). The van der Waals surface area contributed by atoms with Gasteiger partial charge in [0.2, 0.25) is 5.91 Å². The van der Waals surface area contributed by atoms with E-state index >= 15 is 0 Å². The van der Waals surface area contributed by atoms with E-state index in [9.17, 15) is 9.90 Å². The van der Waals surface area contributed by atoms with Gasteiger partial charge in [-0.2, -0.15) is 0 Å². The lowest BCUT2D eigenvalue weighted by molar-refractivity contribution is -0.115. The molecular weight excluding hydrogens is 386 g/mol. The number of amides is 1. The highest BCUT2D eigenvalue weighted by molar-refractivity contribution is 9.11. The van der Waals surface area contributed by atoms with Crippen molar-refractivity contribution in [1.29, 1.82) is 0 Å². The summed E-state index contributed by atoms with van der Waals surface area (Å²) in [5.41, 5.74) is 2.38. The highest BCUT2D eigenvalue weighted by atomic mass is 79.9. The van der Waals surface area contributed by atoms with Gasteiger partial charge in [0.25, 0.3) is 0 Å². The second-order valence-corrected chi connectivity index (χ2v) is 6.17. The van der Waals surface area contributed by atoms with Crippen LogP contribution in [0.3, 0.4) is 0 Å². The zero-order valence-electron chi connectivity index (χ0n) is 10.8. The minimum Gasteiger partial charge on any atom is -0.508 e. The van der Waals surface area contributed by atoms with Crippen molar-refractivity contribution in [2.45, 2.75) is 13.3 Å². The Morgan fingerprint density at radius 1 is 1.20 bits per heavy atom. The molecule has 0 bridgehead atoms. The Morgan fingerprint density at radius 2 is 1.80 bits per heavy atom. The van der Waals surface area contributed by atoms with Crippen LogP contribution < -0.4 is 5.32 Å². The summed E-state index contributed by atoms with van der Waals surface area (Å²) < 4.78 is 1.63. The topological polar surface area (TPSA) is 49.3 Å². The Hall–Kier alpha value is -1.33. The van der Waals surface area contributed by atoms with Crippen molar-refractivity contribution >= 4 is 43.5 Å². The fourth-order valence-corrected chi connectivity index (χ4v) is 3.45. The number of halogens is 2. The van der Waals surface area contributed by atoms with Crippen LogP contribution in [-0.4, -0.2) is 11.0 Å². The molecule has 2 aromatic rings. The van der Waals surface area contributed by atoms with Gasteiger partial charge in [-0.1, -0.05) is 18.2 Å². The van der Waals surface area contributed by atoms with E-state index in [-0.39, 0.29) is 18.1 Å². The Morgan fingerprint density at radius 3 is 2.40 bits per heavy atom. The number of benzene rings is 2. The molecule has 0 aliphatic heterocycles. The van der Waals surface area contributed by atoms with Crippen molar-refractivity contribution in [3.63, 3.8) is 0 Å². The number of carbonyl (C=O) groups excluding carboxylic acids is 1. The summed E-state index contributed by atoms with van der Waals surface area (Å²) in [5, 5.41) is 12.5. The van der Waals surface area contributed by atoms with E-state index in [0.717, 1.165) is 14.5 Å². The molecule has 0 aliphatic rings. The maximum absolute atomic E-state index is 12.1. The number of anilines is 1. The second-order valence-electron chi connectivity index (χ2n) is 4.46. The third kappa shape index (κ3) is 3.61. The first-order valence-electron chi connectivity index (χ1n) is 5.99. The van der Waals surface area contributed by atoms with E-state index in [2.05, 4.69) is 37.2 Å². The number of para-hydroxylation sites is 1. The first-order valence-corrected chi connectivity index (χ1v) is 7.58. The predicted molar refractivity (Wildman–Crippen MR) is 87.0 cm³/mol. The van der Waals surface area contributed by atoms with Crippen molar-refractivity contribution in [2.75, 3.05) is 5.32 Å². The van der Waals surface area contributed by atoms with Gasteiger partial charge in [-0.15, -0.1) is 0 Å². The number of rotatable bonds is 3. The summed E-state index contributed by atoms with van der Waals surface area (Å²) >= 11 is 6.86. The Balaban J connectivity index is 2.15. The van der Waals surface area contributed by atoms with Gasteiger partial charge in [0.05, 0.1) is 12.1 Å².